The van der Waals surface area contributed by atoms with E-state index in [4.69, 9.17) is 0 Å². The first-order chi connectivity index (χ1) is 7.63. The number of carbonyl (C=O) groups excluding carboxylic acids is 1. The lowest BCUT2D eigenvalue weighted by Crippen LogP contribution is -1.88. The van der Waals surface area contributed by atoms with Crippen molar-refractivity contribution in [1.29, 1.82) is 0 Å². The Labute approximate surface area is 98.2 Å². The van der Waals surface area contributed by atoms with E-state index in [2.05, 4.69) is 31.2 Å². The monoisotopic (exact) mass is 216 g/mol. The lowest BCUT2D eigenvalue weighted by Gasteiger charge is -2.03. The summed E-state index contributed by atoms with van der Waals surface area (Å²) in [4.78, 5) is 11.0. The van der Waals surface area contributed by atoms with Crippen molar-refractivity contribution >= 4 is 11.4 Å². The van der Waals surface area contributed by atoms with Crippen molar-refractivity contribution in [3.05, 3.63) is 41.5 Å². The van der Waals surface area contributed by atoms with Gasteiger partial charge in [-0.25, -0.2) is 0 Å². The highest BCUT2D eigenvalue weighted by Gasteiger charge is 1.98. The fourth-order valence-corrected chi connectivity index (χ4v) is 1.70. The number of allylic oxidation sites excluding steroid dienone is 2. The molecule has 16 heavy (non-hydrogen) atoms. The quantitative estimate of drug-likeness (QED) is 0.679. The van der Waals surface area contributed by atoms with Crippen LogP contribution in [0.5, 0.6) is 0 Å². The maximum atomic E-state index is 11.0. The number of rotatable bonds is 5. The number of hydrogen-bond donors (Lipinski definition) is 0. The third kappa shape index (κ3) is 4.01. The number of unbranched alkanes of at least 4 members (excludes halogenated alkanes) is 1. The zero-order chi connectivity index (χ0) is 12.0. The average Bonchev–Trinajstić information content (AvgIpc) is 2.26. The van der Waals surface area contributed by atoms with Gasteiger partial charge in [0.05, 0.1) is 0 Å². The van der Waals surface area contributed by atoms with E-state index in [9.17, 15) is 4.79 Å². The molecule has 0 saturated carbocycles. The summed E-state index contributed by atoms with van der Waals surface area (Å²) in [6.45, 7) is 5.76. The largest absolute Gasteiger partial charge is 0.295 e. The van der Waals surface area contributed by atoms with Gasteiger partial charge in [0.2, 0.25) is 0 Å². The maximum absolute atomic E-state index is 11.0. The summed E-state index contributed by atoms with van der Waals surface area (Å²) in [7, 11) is 0. The number of benzene rings is 1. The molecule has 0 aliphatic rings. The number of aryl methyl sites for hydroxylation is 1. The van der Waals surface area contributed by atoms with E-state index < -0.39 is 0 Å². The van der Waals surface area contributed by atoms with Crippen LogP contribution in [-0.4, -0.2) is 5.78 Å². The molecule has 86 valence electrons. The minimum Gasteiger partial charge on any atom is -0.295 e. The van der Waals surface area contributed by atoms with Crippen LogP contribution in [0.25, 0.3) is 5.57 Å². The molecule has 0 fully saturated rings. The molecule has 0 N–H and O–H groups in total. The molecule has 0 aromatic heterocycles. The van der Waals surface area contributed by atoms with E-state index in [1.54, 1.807) is 13.0 Å². The molecular formula is C15H20O. The van der Waals surface area contributed by atoms with Crippen LogP contribution in [-0.2, 0) is 11.2 Å². The van der Waals surface area contributed by atoms with Gasteiger partial charge in [0.15, 0.2) is 5.78 Å². The van der Waals surface area contributed by atoms with Gasteiger partial charge in [0.25, 0.3) is 0 Å². The van der Waals surface area contributed by atoms with Gasteiger partial charge in [-0.05, 0) is 49.5 Å². The molecule has 1 rings (SSSR count). The van der Waals surface area contributed by atoms with E-state index in [-0.39, 0.29) is 5.78 Å². The summed E-state index contributed by atoms with van der Waals surface area (Å²) in [6, 6.07) is 8.50. The smallest absolute Gasteiger partial charge is 0.152 e. The molecule has 0 saturated heterocycles. The van der Waals surface area contributed by atoms with Crippen molar-refractivity contribution in [3.63, 3.8) is 0 Å². The molecule has 1 aromatic rings. The van der Waals surface area contributed by atoms with Crippen molar-refractivity contribution in [2.45, 2.75) is 40.0 Å². The number of ketones is 1. The molecule has 0 bridgehead atoms. The highest BCUT2D eigenvalue weighted by molar-refractivity contribution is 5.94. The number of carbonyl (C=O) groups is 1. The zero-order valence-corrected chi connectivity index (χ0v) is 10.4. The van der Waals surface area contributed by atoms with Crippen LogP contribution in [0.4, 0.5) is 0 Å². The molecule has 0 radical (unpaired) electrons. The molecule has 0 heterocycles. The summed E-state index contributed by atoms with van der Waals surface area (Å²) in [5, 5.41) is 0. The SMILES string of the molecule is CCCCc1ccc(/C(C)=C/C(C)=O)cc1. The molecule has 1 aromatic carbocycles. The van der Waals surface area contributed by atoms with Crippen molar-refractivity contribution in [1.82, 2.24) is 0 Å². The highest BCUT2D eigenvalue weighted by Crippen LogP contribution is 2.15. The Bertz CT molecular complexity index is 371. The Balaban J connectivity index is 2.74. The minimum atomic E-state index is 0.104. The van der Waals surface area contributed by atoms with Gasteiger partial charge in [-0.3, -0.25) is 4.79 Å². The van der Waals surface area contributed by atoms with E-state index in [0.717, 1.165) is 17.6 Å². The first-order valence-electron chi connectivity index (χ1n) is 5.91. The summed E-state index contributed by atoms with van der Waals surface area (Å²) in [5.74, 6) is 0.104. The van der Waals surface area contributed by atoms with Gasteiger partial charge >= 0.3 is 0 Å². The zero-order valence-electron chi connectivity index (χ0n) is 10.4. The Morgan fingerprint density at radius 1 is 1.19 bits per heavy atom. The second-order valence-corrected chi connectivity index (χ2v) is 4.24. The third-order valence-electron chi connectivity index (χ3n) is 2.65. The fourth-order valence-electron chi connectivity index (χ4n) is 1.70. The molecule has 0 amide bonds. The van der Waals surface area contributed by atoms with Gasteiger partial charge in [0.1, 0.15) is 0 Å². The summed E-state index contributed by atoms with van der Waals surface area (Å²) in [5.41, 5.74) is 3.55. The van der Waals surface area contributed by atoms with Crippen LogP contribution in [0.1, 0.15) is 44.7 Å². The third-order valence-corrected chi connectivity index (χ3v) is 2.65. The molecule has 0 unspecified atom stereocenters. The van der Waals surface area contributed by atoms with E-state index in [1.165, 1.54) is 18.4 Å². The Kier molecular flexibility index (Phi) is 4.97. The van der Waals surface area contributed by atoms with Crippen molar-refractivity contribution in [2.75, 3.05) is 0 Å². The van der Waals surface area contributed by atoms with Crippen molar-refractivity contribution in [3.8, 4) is 0 Å². The second kappa shape index (κ2) is 6.26. The lowest BCUT2D eigenvalue weighted by molar-refractivity contribution is -0.112. The van der Waals surface area contributed by atoms with Gasteiger partial charge in [-0.2, -0.15) is 0 Å². The Hall–Kier alpha value is -1.37. The first kappa shape index (κ1) is 12.7. The molecule has 0 aliphatic heterocycles. The van der Waals surface area contributed by atoms with Crippen LogP contribution in [0.15, 0.2) is 30.3 Å². The van der Waals surface area contributed by atoms with Gasteiger partial charge in [-0.15, -0.1) is 0 Å². The second-order valence-electron chi connectivity index (χ2n) is 4.24. The van der Waals surface area contributed by atoms with Crippen LogP contribution in [0.3, 0.4) is 0 Å². The van der Waals surface area contributed by atoms with Gasteiger partial charge < -0.3 is 0 Å². The van der Waals surface area contributed by atoms with Crippen LogP contribution >= 0.6 is 0 Å². The van der Waals surface area contributed by atoms with Crippen LogP contribution < -0.4 is 0 Å². The molecule has 0 spiro atoms. The minimum absolute atomic E-state index is 0.104. The summed E-state index contributed by atoms with van der Waals surface area (Å²) < 4.78 is 0. The fraction of sp³-hybridized carbons (Fsp3) is 0.400. The first-order valence-corrected chi connectivity index (χ1v) is 5.91. The number of hydrogen-bond acceptors (Lipinski definition) is 1. The average molecular weight is 216 g/mol. The Morgan fingerprint density at radius 2 is 1.81 bits per heavy atom. The van der Waals surface area contributed by atoms with E-state index in [0.29, 0.717) is 0 Å². The van der Waals surface area contributed by atoms with Crippen LogP contribution in [0, 0.1) is 0 Å². The molecule has 0 atom stereocenters. The maximum Gasteiger partial charge on any atom is 0.152 e. The van der Waals surface area contributed by atoms with Crippen LogP contribution in [0.2, 0.25) is 0 Å². The highest BCUT2D eigenvalue weighted by atomic mass is 16.1. The van der Waals surface area contributed by atoms with Gasteiger partial charge in [-0.1, -0.05) is 37.6 Å². The summed E-state index contributed by atoms with van der Waals surface area (Å²) in [6.07, 6.45) is 5.29. The summed E-state index contributed by atoms with van der Waals surface area (Å²) >= 11 is 0. The standard InChI is InChI=1S/C15H20O/c1-4-5-6-14-7-9-15(10-8-14)12(2)11-13(3)16/h7-11H,4-6H2,1-3H3/b12-11+. The van der Waals surface area contributed by atoms with Crippen molar-refractivity contribution in [2.24, 2.45) is 0 Å². The predicted molar refractivity (Wildman–Crippen MR) is 69.4 cm³/mol. The van der Waals surface area contributed by atoms with Crippen molar-refractivity contribution < 1.29 is 4.79 Å². The topological polar surface area (TPSA) is 17.1 Å². The molecule has 1 heteroatoms. The molecular weight excluding hydrogens is 196 g/mol. The van der Waals surface area contributed by atoms with E-state index >= 15 is 0 Å². The predicted octanol–water partition coefficient (Wildman–Crippen LogP) is 4.02. The molecule has 0 aliphatic carbocycles. The van der Waals surface area contributed by atoms with E-state index in [1.807, 2.05) is 6.92 Å². The molecule has 1 nitrogen and oxygen atoms in total. The Morgan fingerprint density at radius 3 is 2.31 bits per heavy atom. The normalized spacial score (nSPS) is 11.6. The lowest BCUT2D eigenvalue weighted by atomic mass is 10.0. The van der Waals surface area contributed by atoms with Gasteiger partial charge in [0, 0.05) is 0 Å².